The maximum atomic E-state index is 12.6. The molecule has 4 atom stereocenters. The highest BCUT2D eigenvalue weighted by molar-refractivity contribution is 5.89. The summed E-state index contributed by atoms with van der Waals surface area (Å²) in [5.74, 6) is 1.04. The van der Waals surface area contributed by atoms with Crippen LogP contribution in [0.3, 0.4) is 0 Å². The smallest absolute Gasteiger partial charge is 0.174 e. The number of piperidine rings is 1. The normalized spacial score (nSPS) is 42.0. The van der Waals surface area contributed by atoms with Crippen LogP contribution in [0.15, 0.2) is 12.1 Å². The van der Waals surface area contributed by atoms with Crippen molar-refractivity contribution in [1.82, 2.24) is 4.90 Å². The molecule has 116 valence electrons. The molecule has 2 aliphatic carbocycles. The first-order chi connectivity index (χ1) is 10.5. The number of nitrogens with zero attached hydrogens (tertiary/aromatic N) is 1. The molecule has 5 rings (SSSR count). The molecule has 1 saturated heterocycles. The lowest BCUT2D eigenvalue weighted by Gasteiger charge is -2.62. The maximum absolute atomic E-state index is 12.6. The molecule has 0 amide bonds. The van der Waals surface area contributed by atoms with Crippen molar-refractivity contribution in [2.75, 3.05) is 13.6 Å². The largest absolute Gasteiger partial charge is 0.481 e. The third kappa shape index (κ3) is 1.16. The number of ketones is 1. The van der Waals surface area contributed by atoms with Gasteiger partial charge in [0.1, 0.15) is 5.75 Å². The fraction of sp³-hybridized carbons (Fsp3) is 0.611. The van der Waals surface area contributed by atoms with Gasteiger partial charge < -0.3 is 14.7 Å². The molecular weight excluding hydrogens is 278 g/mol. The first-order valence-electron chi connectivity index (χ1n) is 8.24. The molecule has 1 N–H and O–H groups in total. The Morgan fingerprint density at radius 1 is 1.36 bits per heavy atom. The first kappa shape index (κ1) is 13.1. The van der Waals surface area contributed by atoms with Crippen LogP contribution in [0.5, 0.6) is 5.75 Å². The molecule has 1 spiro atoms. The van der Waals surface area contributed by atoms with Crippen LogP contribution < -0.4 is 4.74 Å². The van der Waals surface area contributed by atoms with Crippen LogP contribution in [0, 0.1) is 6.92 Å². The Labute approximate surface area is 130 Å². The molecule has 2 fully saturated rings. The van der Waals surface area contributed by atoms with Gasteiger partial charge in [-0.1, -0.05) is 12.1 Å². The topological polar surface area (TPSA) is 49.8 Å². The molecule has 1 aromatic carbocycles. The summed E-state index contributed by atoms with van der Waals surface area (Å²) >= 11 is 0. The summed E-state index contributed by atoms with van der Waals surface area (Å²) in [6.07, 6.45) is 2.15. The number of carbonyl (C=O) groups is 1. The van der Waals surface area contributed by atoms with E-state index < -0.39 is 17.1 Å². The monoisotopic (exact) mass is 299 g/mol. The first-order valence-corrected chi connectivity index (χ1v) is 8.24. The highest BCUT2D eigenvalue weighted by atomic mass is 16.5. The number of ether oxygens (including phenoxy) is 1. The van der Waals surface area contributed by atoms with E-state index in [2.05, 4.69) is 24.1 Å². The number of likely N-dealkylation sites (tertiary alicyclic amines) is 1. The minimum absolute atomic E-state index is 0.0848. The van der Waals surface area contributed by atoms with Gasteiger partial charge in [0.25, 0.3) is 0 Å². The molecule has 2 unspecified atom stereocenters. The predicted molar refractivity (Wildman–Crippen MR) is 81.2 cm³/mol. The van der Waals surface area contributed by atoms with E-state index in [1.807, 2.05) is 6.92 Å². The molecule has 2 aliphatic heterocycles. The van der Waals surface area contributed by atoms with Crippen molar-refractivity contribution in [1.29, 1.82) is 0 Å². The van der Waals surface area contributed by atoms with Crippen LogP contribution in [0.25, 0.3) is 0 Å². The Bertz CT molecular complexity index is 715. The lowest BCUT2D eigenvalue weighted by molar-refractivity contribution is -0.185. The second-order valence-corrected chi connectivity index (χ2v) is 7.56. The van der Waals surface area contributed by atoms with Gasteiger partial charge in [0.15, 0.2) is 11.9 Å². The third-order valence-electron chi connectivity index (χ3n) is 6.74. The molecule has 4 nitrogen and oxygen atoms in total. The van der Waals surface area contributed by atoms with E-state index in [1.54, 1.807) is 0 Å². The Morgan fingerprint density at radius 2 is 2.18 bits per heavy atom. The van der Waals surface area contributed by atoms with E-state index in [4.69, 9.17) is 4.74 Å². The number of benzene rings is 1. The lowest BCUT2D eigenvalue weighted by Crippen LogP contribution is -2.76. The van der Waals surface area contributed by atoms with Crippen molar-refractivity contribution in [2.45, 2.75) is 55.8 Å². The van der Waals surface area contributed by atoms with Gasteiger partial charge in [-0.2, -0.15) is 0 Å². The summed E-state index contributed by atoms with van der Waals surface area (Å²) in [6, 6.07) is 4.35. The number of carbonyl (C=O) groups excluding carboxylic acids is 1. The van der Waals surface area contributed by atoms with Crippen molar-refractivity contribution in [2.24, 2.45) is 0 Å². The number of hydrogen-bond donors (Lipinski definition) is 1. The van der Waals surface area contributed by atoms with E-state index in [1.165, 1.54) is 5.56 Å². The van der Waals surface area contributed by atoms with Crippen molar-refractivity contribution >= 4 is 5.78 Å². The van der Waals surface area contributed by atoms with Gasteiger partial charge in [-0.3, -0.25) is 4.79 Å². The molecule has 1 aromatic rings. The standard InChI is InChI=1S/C18H21NO3/c1-10-3-4-11-9-13-18(21)6-5-12(20)16-17(18,7-8-19(13)2)14(11)15(10)22-16/h3-4,13,16,21H,5-9H2,1-2H3/t13?,16?,17-,18+/m0/s1. The van der Waals surface area contributed by atoms with Crippen LogP contribution in [0.4, 0.5) is 0 Å². The lowest BCUT2D eigenvalue weighted by atomic mass is 9.49. The molecule has 1 saturated carbocycles. The van der Waals surface area contributed by atoms with Crippen LogP contribution in [0.2, 0.25) is 0 Å². The van der Waals surface area contributed by atoms with Crippen molar-refractivity contribution < 1.29 is 14.6 Å². The van der Waals surface area contributed by atoms with Crippen molar-refractivity contribution in [3.8, 4) is 5.75 Å². The Hall–Kier alpha value is -1.39. The van der Waals surface area contributed by atoms with E-state index in [0.717, 1.165) is 36.3 Å². The molecule has 4 heteroatoms. The third-order valence-corrected chi connectivity index (χ3v) is 6.74. The zero-order valence-corrected chi connectivity index (χ0v) is 13.1. The highest BCUT2D eigenvalue weighted by Gasteiger charge is 2.72. The average Bonchev–Trinajstić information content (AvgIpc) is 2.85. The van der Waals surface area contributed by atoms with Crippen LogP contribution in [0.1, 0.15) is 36.0 Å². The van der Waals surface area contributed by atoms with Gasteiger partial charge in [0.2, 0.25) is 0 Å². The van der Waals surface area contributed by atoms with Gasteiger partial charge in [-0.15, -0.1) is 0 Å². The molecule has 0 radical (unpaired) electrons. The minimum atomic E-state index is -0.843. The quantitative estimate of drug-likeness (QED) is 0.785. The van der Waals surface area contributed by atoms with Crippen LogP contribution in [-0.4, -0.2) is 47.1 Å². The molecule has 22 heavy (non-hydrogen) atoms. The molecule has 4 aliphatic rings. The number of likely N-dealkylation sites (N-methyl/N-ethyl adjacent to an activating group) is 1. The van der Waals surface area contributed by atoms with Gasteiger partial charge >= 0.3 is 0 Å². The Kier molecular flexibility index (Phi) is 2.23. The Balaban J connectivity index is 1.88. The van der Waals surface area contributed by atoms with E-state index in [9.17, 15) is 9.90 Å². The molecule has 2 heterocycles. The van der Waals surface area contributed by atoms with Crippen molar-refractivity contribution in [3.63, 3.8) is 0 Å². The fourth-order valence-corrected chi connectivity index (χ4v) is 5.68. The number of hydrogen-bond acceptors (Lipinski definition) is 4. The van der Waals surface area contributed by atoms with Gasteiger partial charge in [0, 0.05) is 18.0 Å². The number of aryl methyl sites for hydroxylation is 1. The number of Topliss-reactive ketones (excluding diaryl/α,β-unsaturated/α-hetero) is 1. The SMILES string of the molecule is Cc1ccc2c3c1OC1C(=O)CC[C@@]4(O)C(C2)N(C)CC[C@]314. The minimum Gasteiger partial charge on any atom is -0.481 e. The van der Waals surface area contributed by atoms with Crippen LogP contribution in [-0.2, 0) is 16.6 Å². The fourth-order valence-electron chi connectivity index (χ4n) is 5.68. The van der Waals surface area contributed by atoms with Gasteiger partial charge in [-0.05, 0) is 50.9 Å². The Morgan fingerprint density at radius 3 is 3.00 bits per heavy atom. The molecule has 2 bridgehead atoms. The summed E-state index contributed by atoms with van der Waals surface area (Å²) < 4.78 is 6.19. The number of aliphatic hydroxyl groups is 1. The van der Waals surface area contributed by atoms with Gasteiger partial charge in [-0.25, -0.2) is 0 Å². The van der Waals surface area contributed by atoms with Gasteiger partial charge in [0.05, 0.1) is 11.0 Å². The zero-order valence-electron chi connectivity index (χ0n) is 13.1. The van der Waals surface area contributed by atoms with E-state index in [0.29, 0.717) is 12.8 Å². The second kappa shape index (κ2) is 3.74. The molecular formula is C18H21NO3. The predicted octanol–water partition coefficient (Wildman–Crippen LogP) is 1.35. The summed E-state index contributed by atoms with van der Waals surface area (Å²) in [7, 11) is 2.09. The van der Waals surface area contributed by atoms with E-state index >= 15 is 0 Å². The second-order valence-electron chi connectivity index (χ2n) is 7.56. The maximum Gasteiger partial charge on any atom is 0.174 e. The van der Waals surface area contributed by atoms with Crippen LogP contribution >= 0.6 is 0 Å². The molecule has 0 aromatic heterocycles. The zero-order chi connectivity index (χ0) is 15.3. The summed E-state index contributed by atoms with van der Waals surface area (Å²) in [6.45, 7) is 2.95. The summed E-state index contributed by atoms with van der Waals surface area (Å²) in [4.78, 5) is 14.9. The summed E-state index contributed by atoms with van der Waals surface area (Å²) in [5, 5.41) is 11.7. The summed E-state index contributed by atoms with van der Waals surface area (Å²) in [5.41, 5.74) is 2.13. The van der Waals surface area contributed by atoms with E-state index in [-0.39, 0.29) is 11.8 Å². The average molecular weight is 299 g/mol. The highest BCUT2D eigenvalue weighted by Crippen LogP contribution is 2.63. The number of rotatable bonds is 0. The van der Waals surface area contributed by atoms with Crippen molar-refractivity contribution in [3.05, 3.63) is 28.8 Å².